The van der Waals surface area contributed by atoms with Crippen LogP contribution in [0.5, 0.6) is 0 Å². The molecule has 1 aromatic rings. The summed E-state index contributed by atoms with van der Waals surface area (Å²) in [5.41, 5.74) is 2.98. The van der Waals surface area contributed by atoms with E-state index in [2.05, 4.69) is 32.0 Å². The summed E-state index contributed by atoms with van der Waals surface area (Å²) in [6.07, 6.45) is 3.82. The van der Waals surface area contributed by atoms with Crippen LogP contribution in [0.2, 0.25) is 0 Å². The maximum absolute atomic E-state index is 12.5. The maximum Gasteiger partial charge on any atom is 0.311 e. The molecule has 1 N–H and O–H groups in total. The van der Waals surface area contributed by atoms with Crippen molar-refractivity contribution in [2.45, 2.75) is 46.0 Å². The Morgan fingerprint density at radius 2 is 2.13 bits per heavy atom. The highest BCUT2D eigenvalue weighted by Crippen LogP contribution is 2.49. The van der Waals surface area contributed by atoms with Gasteiger partial charge < -0.3 is 10.0 Å². The predicted molar refractivity (Wildman–Crippen MR) is 88.2 cm³/mol. The van der Waals surface area contributed by atoms with Crippen LogP contribution >= 0.6 is 0 Å². The first kappa shape index (κ1) is 16.0. The van der Waals surface area contributed by atoms with Gasteiger partial charge in [0.15, 0.2) is 0 Å². The summed E-state index contributed by atoms with van der Waals surface area (Å²) < 4.78 is 0. The summed E-state index contributed by atoms with van der Waals surface area (Å²) in [6.45, 7) is 5.17. The molecule has 0 aromatic heterocycles. The van der Waals surface area contributed by atoms with E-state index in [0.29, 0.717) is 25.9 Å². The summed E-state index contributed by atoms with van der Waals surface area (Å²) in [4.78, 5) is 26.0. The second-order valence-electron chi connectivity index (χ2n) is 7.25. The SMILES string of the molecule is Cc1ccc(CCC(=O)N2C[C@@H]3CCC[C@@]3(C(=O)O)C2)c(C)c1. The molecular weight excluding hydrogens is 290 g/mol. The molecule has 2 fully saturated rings. The Morgan fingerprint density at radius 1 is 1.35 bits per heavy atom. The molecule has 2 aliphatic rings. The molecule has 0 unspecified atom stereocenters. The largest absolute Gasteiger partial charge is 0.481 e. The van der Waals surface area contributed by atoms with Crippen LogP contribution in [0.1, 0.15) is 42.4 Å². The molecule has 1 saturated heterocycles. The number of likely N-dealkylation sites (tertiary alicyclic amines) is 1. The fourth-order valence-electron chi connectivity index (χ4n) is 4.35. The summed E-state index contributed by atoms with van der Waals surface area (Å²) in [5.74, 6) is -0.477. The van der Waals surface area contributed by atoms with Gasteiger partial charge in [-0.3, -0.25) is 9.59 Å². The van der Waals surface area contributed by atoms with Crippen molar-refractivity contribution in [1.29, 1.82) is 0 Å². The first-order valence-electron chi connectivity index (χ1n) is 8.50. The van der Waals surface area contributed by atoms with Gasteiger partial charge in [-0.25, -0.2) is 0 Å². The highest BCUT2D eigenvalue weighted by Gasteiger charge is 2.55. The standard InChI is InChI=1S/C19H25NO3/c1-13-5-6-15(14(2)10-13)7-8-17(21)20-11-16-4-3-9-19(16,12-20)18(22)23/h5-6,10,16H,3-4,7-9,11-12H2,1-2H3,(H,22,23)/t16-,19+/m0/s1. The first-order chi connectivity index (χ1) is 10.9. The van der Waals surface area contributed by atoms with Crippen LogP contribution < -0.4 is 0 Å². The summed E-state index contributed by atoms with van der Waals surface area (Å²) in [7, 11) is 0. The third-order valence-electron chi connectivity index (χ3n) is 5.76. The molecule has 1 heterocycles. The molecule has 124 valence electrons. The normalized spacial score (nSPS) is 26.3. The highest BCUT2D eigenvalue weighted by molar-refractivity contribution is 5.81. The van der Waals surface area contributed by atoms with Crippen LogP contribution in [-0.2, 0) is 16.0 Å². The Labute approximate surface area is 137 Å². The molecule has 3 rings (SSSR count). The van der Waals surface area contributed by atoms with Crippen molar-refractivity contribution in [2.75, 3.05) is 13.1 Å². The van der Waals surface area contributed by atoms with Gasteiger partial charge in [-0.2, -0.15) is 0 Å². The van der Waals surface area contributed by atoms with Gasteiger partial charge >= 0.3 is 5.97 Å². The second-order valence-corrected chi connectivity index (χ2v) is 7.25. The number of aliphatic carboxylic acids is 1. The van der Waals surface area contributed by atoms with Gasteiger partial charge in [0.1, 0.15) is 0 Å². The minimum atomic E-state index is -0.718. The van der Waals surface area contributed by atoms with E-state index in [4.69, 9.17) is 0 Å². The molecule has 1 aromatic carbocycles. The van der Waals surface area contributed by atoms with Crippen molar-refractivity contribution < 1.29 is 14.7 Å². The third kappa shape index (κ3) is 2.87. The van der Waals surface area contributed by atoms with E-state index < -0.39 is 11.4 Å². The topological polar surface area (TPSA) is 57.6 Å². The Hall–Kier alpha value is -1.84. The van der Waals surface area contributed by atoms with Crippen LogP contribution in [0.15, 0.2) is 18.2 Å². The molecule has 0 radical (unpaired) electrons. The number of carboxylic acid groups (broad SMARTS) is 1. The van der Waals surface area contributed by atoms with E-state index >= 15 is 0 Å². The summed E-state index contributed by atoms with van der Waals surface area (Å²) >= 11 is 0. The molecule has 23 heavy (non-hydrogen) atoms. The molecule has 4 heteroatoms. The number of nitrogens with zero attached hydrogens (tertiary/aromatic N) is 1. The number of hydrogen-bond acceptors (Lipinski definition) is 2. The second kappa shape index (κ2) is 5.99. The fraction of sp³-hybridized carbons (Fsp3) is 0.579. The lowest BCUT2D eigenvalue weighted by Crippen LogP contribution is -2.37. The van der Waals surface area contributed by atoms with Crippen LogP contribution in [0.25, 0.3) is 0 Å². The summed E-state index contributed by atoms with van der Waals surface area (Å²) in [6, 6.07) is 6.31. The van der Waals surface area contributed by atoms with Gasteiger partial charge in [0.2, 0.25) is 5.91 Å². The number of rotatable bonds is 4. The minimum absolute atomic E-state index is 0.0972. The number of aryl methyl sites for hydroxylation is 3. The molecule has 1 amide bonds. The quantitative estimate of drug-likeness (QED) is 0.929. The van der Waals surface area contributed by atoms with Gasteiger partial charge in [0, 0.05) is 19.5 Å². The number of benzene rings is 1. The third-order valence-corrected chi connectivity index (χ3v) is 5.76. The minimum Gasteiger partial charge on any atom is -0.481 e. The van der Waals surface area contributed by atoms with Crippen molar-refractivity contribution in [2.24, 2.45) is 11.3 Å². The average Bonchev–Trinajstić information content (AvgIpc) is 3.04. The van der Waals surface area contributed by atoms with E-state index in [-0.39, 0.29) is 11.8 Å². The number of fused-ring (bicyclic) bond motifs is 1. The molecule has 1 aliphatic heterocycles. The van der Waals surface area contributed by atoms with Crippen molar-refractivity contribution in [3.05, 3.63) is 34.9 Å². The molecule has 1 aliphatic carbocycles. The maximum atomic E-state index is 12.5. The smallest absolute Gasteiger partial charge is 0.311 e. The Morgan fingerprint density at radius 3 is 2.78 bits per heavy atom. The van der Waals surface area contributed by atoms with Crippen molar-refractivity contribution in [3.63, 3.8) is 0 Å². The molecular formula is C19H25NO3. The molecule has 0 spiro atoms. The predicted octanol–water partition coefficient (Wildman–Crippen LogP) is 2.95. The Balaban J connectivity index is 1.63. The van der Waals surface area contributed by atoms with E-state index in [0.717, 1.165) is 19.3 Å². The number of carboxylic acids is 1. The van der Waals surface area contributed by atoms with Crippen LogP contribution in [0.4, 0.5) is 0 Å². The lowest BCUT2D eigenvalue weighted by atomic mass is 9.81. The van der Waals surface area contributed by atoms with Gasteiger partial charge in [0.05, 0.1) is 5.41 Å². The van der Waals surface area contributed by atoms with E-state index in [1.165, 1.54) is 16.7 Å². The number of carbonyl (C=O) groups is 2. The lowest BCUT2D eigenvalue weighted by Gasteiger charge is -2.23. The zero-order chi connectivity index (χ0) is 16.6. The molecule has 2 atom stereocenters. The van der Waals surface area contributed by atoms with Crippen molar-refractivity contribution in [1.82, 2.24) is 4.90 Å². The van der Waals surface area contributed by atoms with Gasteiger partial charge in [-0.05, 0) is 50.2 Å². The number of carbonyl (C=O) groups excluding carboxylic acids is 1. The fourth-order valence-corrected chi connectivity index (χ4v) is 4.35. The highest BCUT2D eigenvalue weighted by atomic mass is 16.4. The van der Waals surface area contributed by atoms with Crippen LogP contribution in [0, 0.1) is 25.2 Å². The Kier molecular flexibility index (Phi) is 4.17. The van der Waals surface area contributed by atoms with Gasteiger partial charge in [0.25, 0.3) is 0 Å². The van der Waals surface area contributed by atoms with Crippen molar-refractivity contribution >= 4 is 11.9 Å². The zero-order valence-corrected chi connectivity index (χ0v) is 14.0. The van der Waals surface area contributed by atoms with E-state index in [9.17, 15) is 14.7 Å². The lowest BCUT2D eigenvalue weighted by molar-refractivity contribution is -0.149. The monoisotopic (exact) mass is 315 g/mol. The Bertz CT molecular complexity index is 640. The molecule has 0 bridgehead atoms. The molecule has 4 nitrogen and oxygen atoms in total. The van der Waals surface area contributed by atoms with Crippen molar-refractivity contribution in [3.8, 4) is 0 Å². The summed E-state index contributed by atoms with van der Waals surface area (Å²) in [5, 5.41) is 9.61. The average molecular weight is 315 g/mol. The molecule has 1 saturated carbocycles. The van der Waals surface area contributed by atoms with Gasteiger partial charge in [-0.15, -0.1) is 0 Å². The number of amides is 1. The van der Waals surface area contributed by atoms with E-state index in [1.807, 2.05) is 0 Å². The van der Waals surface area contributed by atoms with Crippen LogP contribution in [0.3, 0.4) is 0 Å². The van der Waals surface area contributed by atoms with Crippen LogP contribution in [-0.4, -0.2) is 35.0 Å². The first-order valence-corrected chi connectivity index (χ1v) is 8.50. The van der Waals surface area contributed by atoms with E-state index in [1.54, 1.807) is 4.90 Å². The zero-order valence-electron chi connectivity index (χ0n) is 14.0. The number of hydrogen-bond donors (Lipinski definition) is 1. The van der Waals surface area contributed by atoms with Gasteiger partial charge in [-0.1, -0.05) is 30.2 Å².